The van der Waals surface area contributed by atoms with Gasteiger partial charge >= 0.3 is 0 Å². The van der Waals surface area contributed by atoms with Crippen LogP contribution in [0.4, 0.5) is 0 Å². The molecule has 11 N–H and O–H groups in total. The van der Waals surface area contributed by atoms with Crippen molar-refractivity contribution in [2.24, 2.45) is 0 Å². The summed E-state index contributed by atoms with van der Waals surface area (Å²) in [5.41, 5.74) is 0. The summed E-state index contributed by atoms with van der Waals surface area (Å²) < 4.78 is 37.8. The third kappa shape index (κ3) is 6.59. The highest BCUT2D eigenvalue weighted by Crippen LogP contribution is 2.32. The predicted molar refractivity (Wildman–Crippen MR) is 120 cm³/mol. The Morgan fingerprint density at radius 2 is 1.07 bits per heavy atom. The van der Waals surface area contributed by atoms with Crippen LogP contribution >= 0.6 is 0 Å². The molecule has 4 rings (SSSR count). The topological polar surface area (TPSA) is 287 Å². The van der Waals surface area contributed by atoms with E-state index >= 15 is 0 Å². The van der Waals surface area contributed by atoms with Crippen LogP contribution in [0.25, 0.3) is 0 Å². The average molecular weight is 591 g/mol. The van der Waals surface area contributed by atoms with Crippen molar-refractivity contribution < 1.29 is 89.3 Å². The summed E-state index contributed by atoms with van der Waals surface area (Å²) in [7, 11) is 0. The fraction of sp³-hybridized carbons (Fsp3) is 1.00. The number of rotatable bonds is 7. The van der Waals surface area contributed by atoms with Gasteiger partial charge in [0.2, 0.25) is 0 Å². The summed E-state index contributed by atoms with van der Waals surface area (Å²) >= 11 is 0. The number of aliphatic hydroxyl groups excluding tert-OH is 11. The maximum atomic E-state index is 11.1. The minimum atomic E-state index is -1.95. The van der Waals surface area contributed by atoms with Gasteiger partial charge in [-0.2, -0.15) is 0 Å². The van der Waals surface area contributed by atoms with Gasteiger partial charge in [0.05, 0.1) is 25.9 Å². The molecule has 4 fully saturated rings. The molecular formula is C22H38O18. The van der Waals surface area contributed by atoms with E-state index in [4.69, 9.17) is 33.2 Å². The summed E-state index contributed by atoms with van der Waals surface area (Å²) in [6.07, 6.45) is -28.8. The van der Waals surface area contributed by atoms with Gasteiger partial charge in [0.15, 0.2) is 25.2 Å². The Balaban J connectivity index is 1.50. The molecule has 18 atom stereocenters. The molecule has 0 aromatic heterocycles. The molecule has 4 aliphatic heterocycles. The highest BCUT2D eigenvalue weighted by Gasteiger charge is 2.53. The van der Waals surface area contributed by atoms with Crippen molar-refractivity contribution in [3.05, 3.63) is 0 Å². The van der Waals surface area contributed by atoms with E-state index in [0.717, 1.165) is 0 Å². The van der Waals surface area contributed by atoms with Crippen molar-refractivity contribution in [2.45, 2.75) is 118 Å². The number of aliphatic hydroxyl groups is 11. The molecule has 18 nitrogen and oxygen atoms in total. The maximum absolute atomic E-state index is 11.1. The van der Waals surface area contributed by atoms with Gasteiger partial charge in [-0.3, -0.25) is 0 Å². The fourth-order valence-electron chi connectivity index (χ4n) is 4.80. The highest BCUT2D eigenvalue weighted by atomic mass is 16.8. The third-order valence-electron chi connectivity index (χ3n) is 7.36. The molecule has 0 aromatic carbocycles. The zero-order valence-corrected chi connectivity index (χ0v) is 21.3. The quantitative estimate of drug-likeness (QED) is 0.131. The van der Waals surface area contributed by atoms with Crippen LogP contribution in [-0.2, 0) is 33.2 Å². The van der Waals surface area contributed by atoms with Gasteiger partial charge in [0, 0.05) is 0 Å². The van der Waals surface area contributed by atoms with Gasteiger partial charge in [0.25, 0.3) is 0 Å². The zero-order valence-electron chi connectivity index (χ0n) is 21.3. The van der Waals surface area contributed by atoms with Crippen molar-refractivity contribution in [2.75, 3.05) is 19.8 Å². The molecule has 0 unspecified atom stereocenters. The summed E-state index contributed by atoms with van der Waals surface area (Å²) in [4.78, 5) is 0. The summed E-state index contributed by atoms with van der Waals surface area (Å²) in [6.45, 7) is -0.0129. The lowest BCUT2D eigenvalue weighted by Crippen LogP contribution is -2.66. The molecule has 18 heteroatoms. The molecule has 4 saturated heterocycles. The second kappa shape index (κ2) is 13.3. The first-order valence-corrected chi connectivity index (χ1v) is 12.8. The summed E-state index contributed by atoms with van der Waals surface area (Å²) in [5.74, 6) is 0. The number of hydrogen-bond donors (Lipinski definition) is 11. The lowest BCUT2D eigenvalue weighted by atomic mass is 9.97. The van der Waals surface area contributed by atoms with E-state index in [0.29, 0.717) is 0 Å². The van der Waals surface area contributed by atoms with Crippen molar-refractivity contribution in [1.29, 1.82) is 0 Å². The van der Waals surface area contributed by atoms with Gasteiger partial charge < -0.3 is 89.3 Å². The Morgan fingerprint density at radius 3 is 1.70 bits per heavy atom. The molecule has 0 amide bonds. The van der Waals surface area contributed by atoms with Crippen LogP contribution in [0.1, 0.15) is 6.92 Å². The minimum absolute atomic E-state index is 0.366. The molecule has 4 aliphatic rings. The first-order chi connectivity index (χ1) is 18.8. The molecular weight excluding hydrogens is 552 g/mol. The lowest BCUT2D eigenvalue weighted by molar-refractivity contribution is -0.384. The van der Waals surface area contributed by atoms with E-state index in [1.807, 2.05) is 0 Å². The zero-order chi connectivity index (χ0) is 29.5. The van der Waals surface area contributed by atoms with Crippen LogP contribution in [0.2, 0.25) is 0 Å². The van der Waals surface area contributed by atoms with E-state index in [9.17, 15) is 56.2 Å². The monoisotopic (exact) mass is 590 g/mol. The molecule has 40 heavy (non-hydrogen) atoms. The van der Waals surface area contributed by atoms with E-state index in [1.165, 1.54) is 6.92 Å². The largest absolute Gasteiger partial charge is 0.388 e. The van der Waals surface area contributed by atoms with Crippen molar-refractivity contribution >= 4 is 0 Å². The molecule has 0 spiro atoms. The Labute approximate surface area is 227 Å². The Kier molecular flexibility index (Phi) is 10.7. The molecule has 0 aliphatic carbocycles. The van der Waals surface area contributed by atoms with Gasteiger partial charge in [-0.25, -0.2) is 0 Å². The van der Waals surface area contributed by atoms with Crippen molar-refractivity contribution in [1.82, 2.24) is 0 Å². The highest BCUT2D eigenvalue weighted by molar-refractivity contribution is 4.95. The van der Waals surface area contributed by atoms with Gasteiger partial charge in [-0.05, 0) is 6.92 Å². The maximum Gasteiger partial charge on any atom is 0.187 e. The standard InChI is InChI=1S/C22H38O18/c1-5-9(25)13(29)16(32)22(37-5)40-18-17(39-21-15(31)11(27)7(24)3-35-21)12(28)8(38-19(18)33)4-36-20-14(30)10(26)6(23)2-34-20/h5-33H,2-4H2,1H3/t5-,6+,7+,8+,9-,10+,11-,12+,13+,14-,15+,16+,17-,18+,19+,20+,21-,22-/m0/s1. The van der Waals surface area contributed by atoms with E-state index in [2.05, 4.69) is 0 Å². The molecule has 4 heterocycles. The minimum Gasteiger partial charge on any atom is -0.388 e. The van der Waals surface area contributed by atoms with Crippen LogP contribution in [0.5, 0.6) is 0 Å². The van der Waals surface area contributed by atoms with Crippen LogP contribution in [0.15, 0.2) is 0 Å². The first kappa shape index (κ1) is 32.2. The Bertz CT molecular complexity index is 808. The number of ether oxygens (including phenoxy) is 7. The lowest BCUT2D eigenvalue weighted by Gasteiger charge is -2.47. The van der Waals surface area contributed by atoms with Crippen LogP contribution in [0.3, 0.4) is 0 Å². The van der Waals surface area contributed by atoms with Crippen molar-refractivity contribution in [3.63, 3.8) is 0 Å². The second-order valence-electron chi connectivity index (χ2n) is 10.3. The summed E-state index contributed by atoms with van der Waals surface area (Å²) in [5, 5.41) is 112. The van der Waals surface area contributed by atoms with Crippen molar-refractivity contribution in [3.8, 4) is 0 Å². The van der Waals surface area contributed by atoms with Crippen LogP contribution < -0.4 is 0 Å². The molecule has 0 radical (unpaired) electrons. The third-order valence-corrected chi connectivity index (χ3v) is 7.36. The van der Waals surface area contributed by atoms with E-state index < -0.39 is 124 Å². The Hall–Kier alpha value is -0.720. The normalized spacial score (nSPS) is 54.3. The molecule has 234 valence electrons. The Morgan fingerprint density at radius 1 is 0.550 bits per heavy atom. The first-order valence-electron chi connectivity index (χ1n) is 12.8. The number of hydrogen-bond acceptors (Lipinski definition) is 18. The van der Waals surface area contributed by atoms with Gasteiger partial charge in [-0.1, -0.05) is 0 Å². The van der Waals surface area contributed by atoms with Gasteiger partial charge in [-0.15, -0.1) is 0 Å². The SMILES string of the molecule is C[C@@H]1O[C@@H](O[C@@H]2[C@@H](O[C@@H]3OC[C@@H](O)[C@H](O)[C@H]3O)[C@H](O)[C@@H](CO[C@H]3OC[C@@H](O)[C@@H](O)[C@@H]3O)O[C@H]2O)[C@H](O)[C@H](O)[C@H]1O. The predicted octanol–water partition coefficient (Wildman–Crippen LogP) is -7.44. The molecule has 0 aromatic rings. The second-order valence-corrected chi connectivity index (χ2v) is 10.3. The fourth-order valence-corrected chi connectivity index (χ4v) is 4.80. The van der Waals surface area contributed by atoms with Crippen LogP contribution in [-0.4, -0.2) is 187 Å². The van der Waals surface area contributed by atoms with E-state index in [-0.39, 0.29) is 6.61 Å². The van der Waals surface area contributed by atoms with Crippen LogP contribution in [0, 0.1) is 0 Å². The molecule has 0 saturated carbocycles. The van der Waals surface area contributed by atoms with Gasteiger partial charge in [0.1, 0.15) is 79.4 Å². The smallest absolute Gasteiger partial charge is 0.187 e. The molecule has 0 bridgehead atoms. The summed E-state index contributed by atoms with van der Waals surface area (Å²) in [6, 6.07) is 0. The van der Waals surface area contributed by atoms with E-state index in [1.54, 1.807) is 0 Å². The average Bonchev–Trinajstić information content (AvgIpc) is 2.92.